The summed E-state index contributed by atoms with van der Waals surface area (Å²) in [7, 11) is 0. The van der Waals surface area contributed by atoms with Crippen LogP contribution in [0, 0.1) is 6.92 Å². The molecule has 0 saturated carbocycles. The van der Waals surface area contributed by atoms with Crippen LogP contribution in [0.15, 0.2) is 49.2 Å². The van der Waals surface area contributed by atoms with E-state index < -0.39 is 35.5 Å². The minimum Gasteiger partial charge on any atom is -0.444 e. The van der Waals surface area contributed by atoms with Crippen LogP contribution in [0.2, 0.25) is 10.0 Å². The number of rotatable bonds is 6. The van der Waals surface area contributed by atoms with Crippen LogP contribution in [0.1, 0.15) is 32.1 Å². The van der Waals surface area contributed by atoms with E-state index in [0.29, 0.717) is 16.3 Å². The number of hydrogen-bond donors (Lipinski definition) is 3. The molecule has 0 bridgehead atoms. The number of aromatic nitrogens is 3. The normalized spacial score (nSPS) is 11.0. The van der Waals surface area contributed by atoms with Gasteiger partial charge in [0.15, 0.2) is 11.5 Å². The topological polar surface area (TPSA) is 127 Å². The minimum absolute atomic E-state index is 0.0643. The molecule has 3 rings (SSSR count). The highest BCUT2D eigenvalue weighted by Gasteiger charge is 2.37. The maximum absolute atomic E-state index is 13.4. The molecule has 3 N–H and O–H groups in total. The number of aryl methyl sites for hydroxylation is 1. The molecular weight excluding hydrogens is 540 g/mol. The Labute approximate surface area is 217 Å². The Kier molecular flexibility index (Phi) is 8.40. The number of pyridine rings is 1. The Morgan fingerprint density at radius 3 is 2.54 bits per heavy atom. The molecule has 0 aliphatic rings. The van der Waals surface area contributed by atoms with Gasteiger partial charge in [-0.05, 0) is 36.8 Å². The van der Waals surface area contributed by atoms with Crippen molar-refractivity contribution in [2.75, 3.05) is 11.9 Å². The monoisotopic (exact) mass is 556 g/mol. The standard InChI is InChI=1S/C22H17Cl2F3N6O4/c1-3-7-37-21(36)31-30-19(34)13-9-12(23)8-11(2)17(13)29-20(35)15-10-16(22(25,26)27)32-33(15)18-14(24)5-4-6-28-18/h3-6,8-10H,1,7H2,2H3,(H,29,35)(H,30,34)(H,31,36). The lowest BCUT2D eigenvalue weighted by molar-refractivity contribution is -0.141. The molecule has 0 aliphatic heterocycles. The second-order valence-electron chi connectivity index (χ2n) is 7.20. The molecule has 10 nitrogen and oxygen atoms in total. The second-order valence-corrected chi connectivity index (χ2v) is 8.04. The maximum atomic E-state index is 13.4. The van der Waals surface area contributed by atoms with Crippen LogP contribution in [-0.4, -0.2) is 39.3 Å². The summed E-state index contributed by atoms with van der Waals surface area (Å²) in [4.78, 5) is 41.4. The third-order valence-corrected chi connectivity index (χ3v) is 5.08. The highest BCUT2D eigenvalue weighted by molar-refractivity contribution is 6.32. The van der Waals surface area contributed by atoms with Gasteiger partial charge in [0.2, 0.25) is 0 Å². The first kappa shape index (κ1) is 27.5. The van der Waals surface area contributed by atoms with Gasteiger partial charge in [0.25, 0.3) is 11.8 Å². The number of halogens is 5. The zero-order valence-electron chi connectivity index (χ0n) is 18.8. The van der Waals surface area contributed by atoms with Crippen LogP contribution in [0.4, 0.5) is 23.7 Å². The van der Waals surface area contributed by atoms with E-state index in [1.54, 1.807) is 0 Å². The third kappa shape index (κ3) is 6.57. The van der Waals surface area contributed by atoms with Crippen molar-refractivity contribution in [3.05, 3.63) is 81.7 Å². The summed E-state index contributed by atoms with van der Waals surface area (Å²) in [6, 6.07) is 5.92. The molecule has 0 fully saturated rings. The van der Waals surface area contributed by atoms with Gasteiger partial charge in [-0.1, -0.05) is 35.9 Å². The largest absolute Gasteiger partial charge is 0.444 e. The first-order chi connectivity index (χ1) is 17.4. The van der Waals surface area contributed by atoms with E-state index in [1.807, 2.05) is 5.43 Å². The Balaban J connectivity index is 1.98. The number of anilines is 1. The smallest absolute Gasteiger partial charge is 0.435 e. The lowest BCUT2D eigenvalue weighted by Gasteiger charge is -2.15. The van der Waals surface area contributed by atoms with Crippen LogP contribution in [0.25, 0.3) is 5.82 Å². The summed E-state index contributed by atoms with van der Waals surface area (Å²) >= 11 is 12.1. The predicted octanol–water partition coefficient (Wildman–Crippen LogP) is 4.71. The van der Waals surface area contributed by atoms with Crippen molar-refractivity contribution in [1.82, 2.24) is 25.6 Å². The fraction of sp³-hybridized carbons (Fsp3) is 0.136. The van der Waals surface area contributed by atoms with Crippen molar-refractivity contribution in [2.45, 2.75) is 13.1 Å². The molecule has 3 amide bonds. The van der Waals surface area contributed by atoms with E-state index in [4.69, 9.17) is 23.2 Å². The van der Waals surface area contributed by atoms with Crippen molar-refractivity contribution >= 4 is 46.8 Å². The van der Waals surface area contributed by atoms with Gasteiger partial charge >= 0.3 is 12.3 Å². The van der Waals surface area contributed by atoms with Gasteiger partial charge in [0.05, 0.1) is 16.3 Å². The van der Waals surface area contributed by atoms with E-state index in [-0.39, 0.29) is 33.7 Å². The number of nitrogens with zero attached hydrogens (tertiary/aromatic N) is 3. The number of alkyl halides is 3. The van der Waals surface area contributed by atoms with Gasteiger partial charge < -0.3 is 10.1 Å². The van der Waals surface area contributed by atoms with Crippen LogP contribution in [0.5, 0.6) is 0 Å². The molecule has 0 saturated heterocycles. The van der Waals surface area contributed by atoms with Crippen molar-refractivity contribution in [3.8, 4) is 5.82 Å². The number of carbonyl (C=O) groups is 3. The van der Waals surface area contributed by atoms with Crippen LogP contribution >= 0.6 is 23.2 Å². The Bertz CT molecular complexity index is 1380. The highest BCUT2D eigenvalue weighted by Crippen LogP contribution is 2.31. The fourth-order valence-corrected chi connectivity index (χ4v) is 3.46. The SMILES string of the molecule is C=CCOC(=O)NNC(=O)c1cc(Cl)cc(C)c1NC(=O)c1cc(C(F)(F)F)nn1-c1ncccc1Cl. The molecule has 37 heavy (non-hydrogen) atoms. The Morgan fingerprint density at radius 1 is 1.16 bits per heavy atom. The molecule has 0 spiro atoms. The molecule has 15 heteroatoms. The van der Waals surface area contributed by atoms with E-state index in [9.17, 15) is 27.6 Å². The van der Waals surface area contributed by atoms with E-state index in [2.05, 4.69) is 32.1 Å². The molecule has 1 aromatic carbocycles. The molecule has 2 heterocycles. The second kappa shape index (κ2) is 11.3. The summed E-state index contributed by atoms with van der Waals surface area (Å²) in [5, 5.41) is 5.91. The molecule has 0 unspecified atom stereocenters. The van der Waals surface area contributed by atoms with Crippen molar-refractivity contribution < 1.29 is 32.3 Å². The maximum Gasteiger partial charge on any atom is 0.435 e. The van der Waals surface area contributed by atoms with Crippen molar-refractivity contribution in [1.29, 1.82) is 0 Å². The van der Waals surface area contributed by atoms with Gasteiger partial charge in [-0.25, -0.2) is 19.9 Å². The number of nitrogens with one attached hydrogen (secondary N) is 3. The quantitative estimate of drug-likeness (QED) is 0.298. The number of hydrazine groups is 1. The number of hydrogen-bond acceptors (Lipinski definition) is 6. The summed E-state index contributed by atoms with van der Waals surface area (Å²) in [5.74, 6) is -2.20. The zero-order chi connectivity index (χ0) is 27.3. The first-order valence-corrected chi connectivity index (χ1v) is 10.9. The molecule has 3 aromatic rings. The number of ether oxygens (including phenoxy) is 1. The Hall–Kier alpha value is -4.10. The lowest BCUT2D eigenvalue weighted by atomic mass is 10.1. The predicted molar refractivity (Wildman–Crippen MR) is 128 cm³/mol. The fourth-order valence-electron chi connectivity index (χ4n) is 2.99. The van der Waals surface area contributed by atoms with Gasteiger partial charge in [-0.2, -0.15) is 18.3 Å². The van der Waals surface area contributed by atoms with E-state index in [1.165, 1.54) is 43.5 Å². The third-order valence-electron chi connectivity index (χ3n) is 4.57. The van der Waals surface area contributed by atoms with Crippen LogP contribution in [0.3, 0.4) is 0 Å². The molecule has 0 radical (unpaired) electrons. The zero-order valence-corrected chi connectivity index (χ0v) is 20.3. The van der Waals surface area contributed by atoms with Crippen molar-refractivity contribution in [3.63, 3.8) is 0 Å². The van der Waals surface area contributed by atoms with Gasteiger partial charge in [-0.15, -0.1) is 0 Å². The summed E-state index contributed by atoms with van der Waals surface area (Å²) in [5.41, 5.74) is 2.13. The number of carbonyl (C=O) groups excluding carboxylic acids is 3. The average molecular weight is 557 g/mol. The minimum atomic E-state index is -4.88. The molecule has 2 aromatic heterocycles. The van der Waals surface area contributed by atoms with Gasteiger partial charge in [0, 0.05) is 17.3 Å². The molecule has 0 atom stereocenters. The molecular formula is C22H17Cl2F3N6O4. The lowest BCUT2D eigenvalue weighted by Crippen LogP contribution is -2.42. The summed E-state index contributed by atoms with van der Waals surface area (Å²) in [6.45, 7) is 4.76. The van der Waals surface area contributed by atoms with Crippen molar-refractivity contribution in [2.24, 2.45) is 0 Å². The summed E-state index contributed by atoms with van der Waals surface area (Å²) < 4.78 is 45.6. The molecule has 194 valence electrons. The molecule has 0 aliphatic carbocycles. The number of amides is 3. The highest BCUT2D eigenvalue weighted by atomic mass is 35.5. The van der Waals surface area contributed by atoms with Crippen LogP contribution in [-0.2, 0) is 10.9 Å². The Morgan fingerprint density at radius 2 is 1.89 bits per heavy atom. The number of benzene rings is 1. The first-order valence-electron chi connectivity index (χ1n) is 10.2. The van der Waals surface area contributed by atoms with Crippen LogP contribution < -0.4 is 16.2 Å². The van der Waals surface area contributed by atoms with Gasteiger partial charge in [-0.3, -0.25) is 15.0 Å². The summed E-state index contributed by atoms with van der Waals surface area (Å²) in [6.07, 6.45) is -3.30. The van der Waals surface area contributed by atoms with E-state index in [0.717, 1.165) is 0 Å². The average Bonchev–Trinajstić information content (AvgIpc) is 3.29. The van der Waals surface area contributed by atoms with Gasteiger partial charge in [0.1, 0.15) is 12.3 Å². The van der Waals surface area contributed by atoms with E-state index >= 15 is 0 Å².